The Morgan fingerprint density at radius 3 is 2.47 bits per heavy atom. The van der Waals surface area contributed by atoms with Gasteiger partial charge < -0.3 is 18.9 Å². The van der Waals surface area contributed by atoms with Crippen molar-refractivity contribution in [2.24, 2.45) is 0 Å². The highest BCUT2D eigenvalue weighted by molar-refractivity contribution is 5.95. The molecule has 1 saturated heterocycles. The van der Waals surface area contributed by atoms with Crippen LogP contribution in [0.5, 0.6) is 0 Å². The summed E-state index contributed by atoms with van der Waals surface area (Å²) < 4.78 is 12.7. The molecule has 2 heterocycles. The minimum Gasteiger partial charge on any atom is -0.466 e. The monoisotopic (exact) mass is 510 g/mol. The molecule has 1 fully saturated rings. The fraction of sp³-hybridized carbons (Fsp3) is 0.312. The number of rotatable bonds is 9. The molecule has 0 unspecified atom stereocenters. The number of aromatic nitrogens is 1. The minimum atomic E-state index is -0.170. The van der Waals surface area contributed by atoms with Gasteiger partial charge in [0.1, 0.15) is 0 Å². The van der Waals surface area contributed by atoms with Gasteiger partial charge in [-0.05, 0) is 73.2 Å². The molecular formula is C32H34N2O4. The fourth-order valence-corrected chi connectivity index (χ4v) is 5.05. The lowest BCUT2D eigenvalue weighted by atomic mass is 10.0. The number of carbonyl (C=O) groups is 2. The predicted octanol–water partition coefficient (Wildman–Crippen LogP) is 5.38. The zero-order valence-corrected chi connectivity index (χ0v) is 21.9. The molecule has 196 valence electrons. The van der Waals surface area contributed by atoms with Crippen LogP contribution in [0, 0.1) is 0 Å². The van der Waals surface area contributed by atoms with E-state index in [9.17, 15) is 9.59 Å². The molecule has 6 nitrogen and oxygen atoms in total. The van der Waals surface area contributed by atoms with Gasteiger partial charge >= 0.3 is 5.97 Å². The van der Waals surface area contributed by atoms with Crippen LogP contribution in [-0.2, 0) is 33.5 Å². The first-order chi connectivity index (χ1) is 18.6. The number of ether oxygens (including phenoxy) is 2. The molecule has 1 aliphatic heterocycles. The van der Waals surface area contributed by atoms with Crippen molar-refractivity contribution in [1.29, 1.82) is 0 Å². The number of esters is 1. The zero-order chi connectivity index (χ0) is 26.3. The van der Waals surface area contributed by atoms with Crippen LogP contribution in [-0.4, -0.2) is 54.3 Å². The number of aryl methyl sites for hydroxylation is 3. The van der Waals surface area contributed by atoms with Crippen molar-refractivity contribution in [3.05, 3.63) is 101 Å². The van der Waals surface area contributed by atoms with Crippen molar-refractivity contribution in [1.82, 2.24) is 9.47 Å². The highest BCUT2D eigenvalue weighted by atomic mass is 16.5. The summed E-state index contributed by atoms with van der Waals surface area (Å²) in [5, 5.41) is 1.17. The van der Waals surface area contributed by atoms with Crippen LogP contribution in [0.25, 0.3) is 16.6 Å². The summed E-state index contributed by atoms with van der Waals surface area (Å²) in [6.07, 6.45) is 5.03. The zero-order valence-electron chi connectivity index (χ0n) is 21.9. The quantitative estimate of drug-likeness (QED) is 0.284. The van der Waals surface area contributed by atoms with Crippen LogP contribution in [0.1, 0.15) is 40.4 Å². The smallest absolute Gasteiger partial charge is 0.306 e. The lowest BCUT2D eigenvalue weighted by Gasteiger charge is -2.27. The first-order valence-electron chi connectivity index (χ1n) is 13.4. The van der Waals surface area contributed by atoms with E-state index in [0.717, 1.165) is 29.6 Å². The lowest BCUT2D eigenvalue weighted by molar-refractivity contribution is -0.143. The number of carbonyl (C=O) groups excluding carboxylic acids is 2. The summed E-state index contributed by atoms with van der Waals surface area (Å²) in [6, 6.07) is 24.8. The van der Waals surface area contributed by atoms with Gasteiger partial charge in [0.25, 0.3) is 5.91 Å². The van der Waals surface area contributed by atoms with Crippen LogP contribution in [0.2, 0.25) is 0 Å². The first kappa shape index (κ1) is 25.7. The first-order valence-corrected chi connectivity index (χ1v) is 13.4. The molecule has 4 aromatic rings. The van der Waals surface area contributed by atoms with Crippen molar-refractivity contribution in [2.45, 2.75) is 32.6 Å². The Balaban J connectivity index is 1.47. The molecule has 1 aromatic heterocycles. The SMILES string of the molecule is CCOC(=O)CCc1ccc2c(c1)c(CCc1ccccc1)cn2-c1cccc(C(=O)N2CCOCC2)c1. The number of nitrogens with zero attached hydrogens (tertiary/aromatic N) is 2. The Morgan fingerprint density at radius 2 is 1.68 bits per heavy atom. The molecule has 0 N–H and O–H groups in total. The predicted molar refractivity (Wildman–Crippen MR) is 149 cm³/mol. The van der Waals surface area contributed by atoms with Crippen molar-refractivity contribution in [3.8, 4) is 5.69 Å². The van der Waals surface area contributed by atoms with Gasteiger partial charge in [-0.2, -0.15) is 0 Å². The van der Waals surface area contributed by atoms with Crippen molar-refractivity contribution in [3.63, 3.8) is 0 Å². The second-order valence-corrected chi connectivity index (χ2v) is 9.62. The summed E-state index contributed by atoms with van der Waals surface area (Å²) in [7, 11) is 0. The normalized spacial score (nSPS) is 13.6. The van der Waals surface area contributed by atoms with Crippen LogP contribution in [0.15, 0.2) is 79.0 Å². The molecule has 38 heavy (non-hydrogen) atoms. The van der Waals surface area contributed by atoms with Crippen molar-refractivity contribution >= 4 is 22.8 Å². The van der Waals surface area contributed by atoms with Gasteiger partial charge in [0.15, 0.2) is 0 Å². The Hall–Kier alpha value is -3.90. The summed E-state index contributed by atoms with van der Waals surface area (Å²) in [6.45, 7) is 4.63. The molecule has 0 aliphatic carbocycles. The van der Waals surface area contributed by atoms with Crippen LogP contribution in [0.4, 0.5) is 0 Å². The van der Waals surface area contributed by atoms with Gasteiger partial charge in [0.2, 0.25) is 0 Å². The molecule has 3 aromatic carbocycles. The van der Waals surface area contributed by atoms with Crippen LogP contribution >= 0.6 is 0 Å². The Bertz CT molecular complexity index is 1400. The Morgan fingerprint density at radius 1 is 0.868 bits per heavy atom. The van der Waals surface area contributed by atoms with Gasteiger partial charge in [-0.25, -0.2) is 0 Å². The van der Waals surface area contributed by atoms with E-state index < -0.39 is 0 Å². The molecular weight excluding hydrogens is 476 g/mol. The van der Waals surface area contributed by atoms with E-state index in [0.29, 0.717) is 51.3 Å². The topological polar surface area (TPSA) is 60.8 Å². The molecule has 1 amide bonds. The molecule has 6 heteroatoms. The van der Waals surface area contributed by atoms with E-state index in [1.807, 2.05) is 42.2 Å². The summed E-state index contributed by atoms with van der Waals surface area (Å²) in [5.74, 6) is -0.131. The maximum Gasteiger partial charge on any atom is 0.306 e. The van der Waals surface area contributed by atoms with Crippen molar-refractivity contribution in [2.75, 3.05) is 32.9 Å². The third-order valence-corrected chi connectivity index (χ3v) is 7.07. The highest BCUT2D eigenvalue weighted by Crippen LogP contribution is 2.28. The lowest BCUT2D eigenvalue weighted by Crippen LogP contribution is -2.40. The third kappa shape index (κ3) is 5.97. The molecule has 5 rings (SSSR count). The van der Waals surface area contributed by atoms with Gasteiger partial charge in [0.05, 0.1) is 25.3 Å². The van der Waals surface area contributed by atoms with E-state index in [2.05, 4.69) is 53.2 Å². The van der Waals surface area contributed by atoms with Crippen LogP contribution in [0.3, 0.4) is 0 Å². The maximum atomic E-state index is 13.2. The minimum absolute atomic E-state index is 0.0390. The molecule has 0 radical (unpaired) electrons. The number of hydrogen-bond donors (Lipinski definition) is 0. The summed E-state index contributed by atoms with van der Waals surface area (Å²) in [5.41, 5.74) is 6.38. The summed E-state index contributed by atoms with van der Waals surface area (Å²) >= 11 is 0. The van der Waals surface area contributed by atoms with E-state index in [1.165, 1.54) is 16.5 Å². The average Bonchev–Trinajstić information content (AvgIpc) is 3.33. The maximum absolute atomic E-state index is 13.2. The van der Waals surface area contributed by atoms with Crippen molar-refractivity contribution < 1.29 is 19.1 Å². The van der Waals surface area contributed by atoms with E-state index in [-0.39, 0.29) is 11.9 Å². The van der Waals surface area contributed by atoms with Gasteiger partial charge in [-0.1, -0.05) is 42.5 Å². The number of morpholine rings is 1. The largest absolute Gasteiger partial charge is 0.466 e. The highest BCUT2D eigenvalue weighted by Gasteiger charge is 2.19. The Kier molecular flexibility index (Phi) is 8.19. The fourth-order valence-electron chi connectivity index (χ4n) is 5.05. The number of benzene rings is 3. The molecule has 0 spiro atoms. The second-order valence-electron chi connectivity index (χ2n) is 9.62. The second kappa shape index (κ2) is 12.1. The van der Waals surface area contributed by atoms with Gasteiger partial charge in [-0.3, -0.25) is 9.59 Å². The van der Waals surface area contributed by atoms with E-state index >= 15 is 0 Å². The average molecular weight is 511 g/mol. The van der Waals surface area contributed by atoms with E-state index in [4.69, 9.17) is 9.47 Å². The number of amides is 1. The van der Waals surface area contributed by atoms with Crippen LogP contribution < -0.4 is 0 Å². The molecule has 1 aliphatic rings. The number of fused-ring (bicyclic) bond motifs is 1. The number of hydrogen-bond acceptors (Lipinski definition) is 4. The molecule has 0 bridgehead atoms. The standard InChI is InChI=1S/C32H34N2O4/c1-2-38-31(35)16-13-25-12-15-30-29(21-25)27(14-11-24-7-4-3-5-8-24)23-34(30)28-10-6-9-26(22-28)32(36)33-17-19-37-20-18-33/h3-10,12,15,21-23H,2,11,13-14,16-20H2,1H3. The molecule has 0 atom stereocenters. The van der Waals surface area contributed by atoms with Gasteiger partial charge in [0, 0.05) is 42.3 Å². The van der Waals surface area contributed by atoms with E-state index in [1.54, 1.807) is 0 Å². The summed E-state index contributed by atoms with van der Waals surface area (Å²) in [4.78, 5) is 26.9. The third-order valence-electron chi connectivity index (χ3n) is 7.07. The molecule has 0 saturated carbocycles. The van der Waals surface area contributed by atoms with Gasteiger partial charge in [-0.15, -0.1) is 0 Å². The Labute approximate surface area is 223 Å².